The number of thiazole rings is 1. The number of hydrogen-bond donors (Lipinski definition) is 2. The van der Waals surface area contributed by atoms with Crippen LogP contribution in [-0.4, -0.2) is 41.7 Å². The van der Waals surface area contributed by atoms with Gasteiger partial charge in [-0.05, 0) is 0 Å². The molecule has 0 aliphatic carbocycles. The zero-order chi connectivity index (χ0) is 9.97. The number of carbonyl (C=O) groups is 1. The van der Waals surface area contributed by atoms with Crippen LogP contribution in [0.5, 0.6) is 0 Å². The molecule has 15 heavy (non-hydrogen) atoms. The lowest BCUT2D eigenvalue weighted by atomic mass is 10.2. The topological polar surface area (TPSA) is 65.5 Å². The van der Waals surface area contributed by atoms with Crippen molar-refractivity contribution in [2.24, 2.45) is 0 Å². The SMILES string of the molecule is Cl.O=C(O)C1CNCCN1c1nccs1. The van der Waals surface area contributed by atoms with Crippen LogP contribution in [0.2, 0.25) is 0 Å². The average Bonchev–Trinajstić information content (AvgIpc) is 2.70. The summed E-state index contributed by atoms with van der Waals surface area (Å²) in [5.41, 5.74) is 0. The van der Waals surface area contributed by atoms with Gasteiger partial charge in [-0.1, -0.05) is 0 Å². The Hall–Kier alpha value is -0.850. The molecule has 1 unspecified atom stereocenters. The molecule has 0 bridgehead atoms. The molecule has 2 N–H and O–H groups in total. The maximum atomic E-state index is 11.0. The highest BCUT2D eigenvalue weighted by Crippen LogP contribution is 2.20. The lowest BCUT2D eigenvalue weighted by Gasteiger charge is -2.33. The zero-order valence-corrected chi connectivity index (χ0v) is 9.55. The predicted molar refractivity (Wildman–Crippen MR) is 61.0 cm³/mol. The van der Waals surface area contributed by atoms with E-state index in [0.717, 1.165) is 11.7 Å². The number of aliphatic carboxylic acids is 1. The third-order valence-electron chi connectivity index (χ3n) is 2.19. The van der Waals surface area contributed by atoms with Crippen LogP contribution in [0.3, 0.4) is 0 Å². The number of carboxylic acid groups (broad SMARTS) is 1. The Bertz CT molecular complexity index is 320. The van der Waals surface area contributed by atoms with E-state index in [1.54, 1.807) is 6.20 Å². The molecule has 2 heterocycles. The van der Waals surface area contributed by atoms with Crippen LogP contribution in [0, 0.1) is 0 Å². The molecule has 1 fully saturated rings. The molecule has 0 amide bonds. The van der Waals surface area contributed by atoms with E-state index in [1.807, 2.05) is 10.3 Å². The molecule has 1 aromatic rings. The van der Waals surface area contributed by atoms with Crippen molar-refractivity contribution in [2.45, 2.75) is 6.04 Å². The van der Waals surface area contributed by atoms with Crippen molar-refractivity contribution in [1.82, 2.24) is 10.3 Å². The Kier molecular flexibility index (Phi) is 4.31. The summed E-state index contributed by atoms with van der Waals surface area (Å²) in [5.74, 6) is -0.799. The van der Waals surface area contributed by atoms with Gasteiger partial charge in [-0.25, -0.2) is 9.78 Å². The fraction of sp³-hybridized carbons (Fsp3) is 0.500. The van der Waals surface area contributed by atoms with E-state index in [4.69, 9.17) is 5.11 Å². The molecule has 1 aromatic heterocycles. The summed E-state index contributed by atoms with van der Waals surface area (Å²) in [5, 5.41) is 14.7. The minimum atomic E-state index is -0.799. The molecule has 1 atom stereocenters. The summed E-state index contributed by atoms with van der Waals surface area (Å²) in [7, 11) is 0. The average molecular weight is 250 g/mol. The van der Waals surface area contributed by atoms with Crippen LogP contribution in [0.15, 0.2) is 11.6 Å². The molecule has 2 rings (SSSR count). The van der Waals surface area contributed by atoms with Gasteiger partial charge in [0, 0.05) is 31.2 Å². The smallest absolute Gasteiger partial charge is 0.327 e. The van der Waals surface area contributed by atoms with Crippen LogP contribution in [0.1, 0.15) is 0 Å². The van der Waals surface area contributed by atoms with Gasteiger partial charge in [0.15, 0.2) is 5.13 Å². The van der Waals surface area contributed by atoms with E-state index in [2.05, 4.69) is 10.3 Å². The van der Waals surface area contributed by atoms with Crippen molar-refractivity contribution < 1.29 is 9.90 Å². The van der Waals surface area contributed by atoms with Crippen molar-refractivity contribution in [1.29, 1.82) is 0 Å². The summed E-state index contributed by atoms with van der Waals surface area (Å²) >= 11 is 1.47. The standard InChI is InChI=1S/C8H11N3O2S.ClH/c12-7(13)6-5-9-1-3-11(6)8-10-2-4-14-8;/h2,4,6,9H,1,3,5H2,(H,12,13);1H. The van der Waals surface area contributed by atoms with Crippen LogP contribution in [0.25, 0.3) is 0 Å². The highest BCUT2D eigenvalue weighted by molar-refractivity contribution is 7.13. The van der Waals surface area contributed by atoms with Gasteiger partial charge in [-0.15, -0.1) is 23.7 Å². The third kappa shape index (κ3) is 2.58. The van der Waals surface area contributed by atoms with E-state index in [-0.39, 0.29) is 12.4 Å². The molecule has 0 aromatic carbocycles. The highest BCUT2D eigenvalue weighted by atomic mass is 35.5. The Labute approximate surface area is 97.5 Å². The quantitative estimate of drug-likeness (QED) is 0.796. The monoisotopic (exact) mass is 249 g/mol. The van der Waals surface area contributed by atoms with E-state index < -0.39 is 12.0 Å². The molecule has 1 aliphatic rings. The number of nitrogens with zero attached hydrogens (tertiary/aromatic N) is 2. The fourth-order valence-electron chi connectivity index (χ4n) is 1.51. The Morgan fingerprint density at radius 1 is 1.73 bits per heavy atom. The maximum absolute atomic E-state index is 11.0. The maximum Gasteiger partial charge on any atom is 0.327 e. The van der Waals surface area contributed by atoms with Crippen molar-refractivity contribution in [3.63, 3.8) is 0 Å². The van der Waals surface area contributed by atoms with Gasteiger partial charge in [0.25, 0.3) is 0 Å². The normalized spacial score (nSPS) is 20.8. The van der Waals surface area contributed by atoms with Crippen molar-refractivity contribution >= 4 is 34.8 Å². The summed E-state index contributed by atoms with van der Waals surface area (Å²) in [4.78, 5) is 16.9. The van der Waals surface area contributed by atoms with E-state index in [0.29, 0.717) is 13.1 Å². The van der Waals surface area contributed by atoms with Gasteiger partial charge >= 0.3 is 5.97 Å². The molecule has 0 radical (unpaired) electrons. The molecular formula is C8H12ClN3O2S. The molecule has 7 heteroatoms. The first kappa shape index (κ1) is 12.2. The molecule has 0 saturated carbocycles. The molecule has 1 aliphatic heterocycles. The highest BCUT2D eigenvalue weighted by Gasteiger charge is 2.29. The van der Waals surface area contributed by atoms with Crippen molar-refractivity contribution in [3.05, 3.63) is 11.6 Å². The number of rotatable bonds is 2. The van der Waals surface area contributed by atoms with E-state index in [9.17, 15) is 4.79 Å². The summed E-state index contributed by atoms with van der Waals surface area (Å²) in [6.45, 7) is 1.99. The Morgan fingerprint density at radius 3 is 3.13 bits per heavy atom. The number of aromatic nitrogens is 1. The number of anilines is 1. The van der Waals surface area contributed by atoms with Gasteiger partial charge in [0.2, 0.25) is 0 Å². The Balaban J connectivity index is 0.00000112. The third-order valence-corrected chi connectivity index (χ3v) is 3.00. The molecule has 0 spiro atoms. The van der Waals surface area contributed by atoms with Crippen molar-refractivity contribution in [3.8, 4) is 0 Å². The van der Waals surface area contributed by atoms with Gasteiger partial charge in [-0.2, -0.15) is 0 Å². The van der Waals surface area contributed by atoms with Crippen LogP contribution in [0.4, 0.5) is 5.13 Å². The minimum absolute atomic E-state index is 0. The summed E-state index contributed by atoms with van der Waals surface area (Å²) in [6, 6.07) is -0.491. The van der Waals surface area contributed by atoms with Gasteiger partial charge in [0.05, 0.1) is 0 Å². The summed E-state index contributed by atoms with van der Waals surface area (Å²) < 4.78 is 0. The number of hydrogen-bond acceptors (Lipinski definition) is 5. The second kappa shape index (κ2) is 5.29. The first-order chi connectivity index (χ1) is 6.79. The largest absolute Gasteiger partial charge is 0.480 e. The van der Waals surface area contributed by atoms with Crippen LogP contribution in [-0.2, 0) is 4.79 Å². The predicted octanol–water partition coefficient (Wildman–Crippen LogP) is 0.428. The number of nitrogens with one attached hydrogen (secondary N) is 1. The molecule has 1 saturated heterocycles. The second-order valence-corrected chi connectivity index (χ2v) is 3.94. The van der Waals surface area contributed by atoms with E-state index >= 15 is 0 Å². The lowest BCUT2D eigenvalue weighted by molar-refractivity contribution is -0.138. The molecule has 84 valence electrons. The van der Waals surface area contributed by atoms with Crippen LogP contribution >= 0.6 is 23.7 Å². The van der Waals surface area contributed by atoms with Gasteiger partial charge in [0.1, 0.15) is 6.04 Å². The molecule has 5 nitrogen and oxygen atoms in total. The van der Waals surface area contributed by atoms with Gasteiger partial charge in [-0.3, -0.25) is 0 Å². The van der Waals surface area contributed by atoms with Crippen molar-refractivity contribution in [2.75, 3.05) is 24.5 Å². The number of halogens is 1. The number of piperazine rings is 1. The first-order valence-corrected chi connectivity index (χ1v) is 5.26. The van der Waals surface area contributed by atoms with E-state index in [1.165, 1.54) is 11.3 Å². The zero-order valence-electron chi connectivity index (χ0n) is 7.92. The van der Waals surface area contributed by atoms with Gasteiger partial charge < -0.3 is 15.3 Å². The minimum Gasteiger partial charge on any atom is -0.480 e. The number of carboxylic acids is 1. The lowest BCUT2D eigenvalue weighted by Crippen LogP contribution is -2.55. The Morgan fingerprint density at radius 2 is 2.53 bits per heavy atom. The first-order valence-electron chi connectivity index (χ1n) is 4.38. The van der Waals surface area contributed by atoms with Crippen LogP contribution < -0.4 is 10.2 Å². The molecular weight excluding hydrogens is 238 g/mol. The second-order valence-electron chi connectivity index (χ2n) is 3.07. The fourth-order valence-corrected chi connectivity index (χ4v) is 2.23. The summed E-state index contributed by atoms with van der Waals surface area (Å²) in [6.07, 6.45) is 1.70.